The predicted molar refractivity (Wildman–Crippen MR) is 120 cm³/mol. The number of rotatable bonds is 6. The number of carbonyl (C=O) groups excluding carboxylic acids is 1. The topological polar surface area (TPSA) is 91.7 Å². The summed E-state index contributed by atoms with van der Waals surface area (Å²) in [7, 11) is -0.742. The minimum atomic E-state index is -4.05. The molecule has 0 saturated carbocycles. The summed E-state index contributed by atoms with van der Waals surface area (Å²) in [4.78, 5) is 17.9. The van der Waals surface area contributed by atoms with Crippen LogP contribution in [0.4, 0.5) is 5.69 Å². The van der Waals surface area contributed by atoms with E-state index in [9.17, 15) is 13.2 Å². The second-order valence-electron chi connectivity index (χ2n) is 6.68. The Bertz CT molecular complexity index is 1240. The van der Waals surface area contributed by atoms with Crippen molar-refractivity contribution >= 4 is 61.9 Å². The molecule has 0 bridgehead atoms. The lowest BCUT2D eigenvalue weighted by Crippen LogP contribution is -2.15. The molecule has 0 fully saturated rings. The Labute approximate surface area is 184 Å². The highest BCUT2D eigenvalue weighted by molar-refractivity contribution is 7.90. The fraction of sp³-hybridized carbons (Fsp3) is 0.150. The summed E-state index contributed by atoms with van der Waals surface area (Å²) in [6.45, 7) is 0. The van der Waals surface area contributed by atoms with E-state index in [1.165, 1.54) is 29.6 Å². The standard InChI is InChI=1S/C20H18Cl2N4O3S/c1-26(2)12-24-30(28,29)18-9-15(7-14-11-23-19(22)10-16(14)18)25-20(27)8-13-5-3-4-6-17(13)21/h3-7,9-12H,8H2,1-2H3,(H,25,27)/b24-12+. The Morgan fingerprint density at radius 3 is 2.63 bits per heavy atom. The lowest BCUT2D eigenvalue weighted by molar-refractivity contribution is -0.115. The van der Waals surface area contributed by atoms with Crippen LogP contribution in [0.15, 0.2) is 58.0 Å². The molecule has 3 rings (SSSR count). The number of halogens is 2. The molecular weight excluding hydrogens is 447 g/mol. The number of aromatic nitrogens is 1. The number of hydrogen-bond donors (Lipinski definition) is 1. The van der Waals surface area contributed by atoms with Crippen LogP contribution in [0.5, 0.6) is 0 Å². The number of hydrogen-bond acceptors (Lipinski definition) is 4. The zero-order chi connectivity index (χ0) is 21.9. The number of nitrogens with one attached hydrogen (secondary N) is 1. The third kappa shape index (κ3) is 5.27. The van der Waals surface area contributed by atoms with E-state index >= 15 is 0 Å². The number of anilines is 1. The molecular formula is C20H18Cl2N4O3S. The van der Waals surface area contributed by atoms with Crippen LogP contribution in [0.1, 0.15) is 5.56 Å². The Hall–Kier alpha value is -2.68. The molecule has 3 aromatic rings. The third-order valence-corrected chi connectivity index (χ3v) is 5.89. The van der Waals surface area contributed by atoms with Crippen LogP contribution >= 0.6 is 23.2 Å². The second kappa shape index (κ2) is 8.99. The van der Waals surface area contributed by atoms with Crippen molar-refractivity contribution in [1.82, 2.24) is 9.88 Å². The number of fused-ring (bicyclic) bond motifs is 1. The van der Waals surface area contributed by atoms with E-state index < -0.39 is 10.0 Å². The van der Waals surface area contributed by atoms with Gasteiger partial charge in [-0.2, -0.15) is 8.42 Å². The average Bonchev–Trinajstić information content (AvgIpc) is 2.68. The highest BCUT2D eigenvalue weighted by Gasteiger charge is 2.19. The van der Waals surface area contributed by atoms with Crippen LogP contribution in [0, 0.1) is 0 Å². The smallest absolute Gasteiger partial charge is 0.284 e. The predicted octanol–water partition coefficient (Wildman–Crippen LogP) is 4.00. The summed E-state index contributed by atoms with van der Waals surface area (Å²) in [5.41, 5.74) is 0.955. The third-order valence-electron chi connectivity index (χ3n) is 4.05. The molecule has 30 heavy (non-hydrogen) atoms. The monoisotopic (exact) mass is 464 g/mol. The number of benzene rings is 2. The van der Waals surface area contributed by atoms with Gasteiger partial charge in [0.2, 0.25) is 5.91 Å². The Kier molecular flexibility index (Phi) is 6.60. The fourth-order valence-electron chi connectivity index (χ4n) is 2.72. The van der Waals surface area contributed by atoms with Crippen LogP contribution in [0.3, 0.4) is 0 Å². The van der Waals surface area contributed by atoms with Gasteiger partial charge in [0.1, 0.15) is 11.5 Å². The van der Waals surface area contributed by atoms with E-state index in [1.54, 1.807) is 44.4 Å². The molecule has 1 amide bonds. The van der Waals surface area contributed by atoms with E-state index in [2.05, 4.69) is 14.7 Å². The highest BCUT2D eigenvalue weighted by Crippen LogP contribution is 2.30. The van der Waals surface area contributed by atoms with Gasteiger partial charge >= 0.3 is 0 Å². The molecule has 0 saturated heterocycles. The summed E-state index contributed by atoms with van der Waals surface area (Å²) in [6, 6.07) is 11.4. The highest BCUT2D eigenvalue weighted by atomic mass is 35.5. The van der Waals surface area contributed by atoms with Gasteiger partial charge in [-0.1, -0.05) is 41.4 Å². The molecule has 10 heteroatoms. The van der Waals surface area contributed by atoms with Crippen molar-refractivity contribution in [3.8, 4) is 0 Å². The first-order valence-electron chi connectivity index (χ1n) is 8.75. The van der Waals surface area contributed by atoms with Crippen LogP contribution in [-0.4, -0.2) is 44.6 Å². The SMILES string of the molecule is CN(C)/C=N/S(=O)(=O)c1cc(NC(=O)Cc2ccccc2Cl)cc2cnc(Cl)cc12. The van der Waals surface area contributed by atoms with Gasteiger partial charge in [0.05, 0.1) is 11.3 Å². The van der Waals surface area contributed by atoms with Gasteiger partial charge in [0.25, 0.3) is 10.0 Å². The van der Waals surface area contributed by atoms with Crippen LogP contribution in [0.2, 0.25) is 10.2 Å². The van der Waals surface area contributed by atoms with Gasteiger partial charge in [-0.3, -0.25) is 4.79 Å². The molecule has 1 aromatic heterocycles. The number of sulfonamides is 1. The largest absolute Gasteiger partial charge is 0.368 e. The number of pyridine rings is 1. The Morgan fingerprint density at radius 2 is 1.93 bits per heavy atom. The molecule has 0 radical (unpaired) electrons. The first-order valence-corrected chi connectivity index (χ1v) is 10.9. The first-order chi connectivity index (χ1) is 14.2. The molecule has 156 valence electrons. The maximum atomic E-state index is 12.8. The van der Waals surface area contributed by atoms with Gasteiger partial charge in [-0.25, -0.2) is 4.98 Å². The molecule has 0 aliphatic heterocycles. The van der Waals surface area contributed by atoms with Crippen molar-refractivity contribution in [2.75, 3.05) is 19.4 Å². The molecule has 0 unspecified atom stereocenters. The van der Waals surface area contributed by atoms with Crippen LogP contribution in [0.25, 0.3) is 10.8 Å². The zero-order valence-electron chi connectivity index (χ0n) is 16.1. The molecule has 1 N–H and O–H groups in total. The Morgan fingerprint density at radius 1 is 1.20 bits per heavy atom. The molecule has 1 heterocycles. The Balaban J connectivity index is 2.01. The summed E-state index contributed by atoms with van der Waals surface area (Å²) in [5, 5.41) is 4.19. The fourth-order valence-corrected chi connectivity index (χ4v) is 4.23. The molecule has 7 nitrogen and oxygen atoms in total. The molecule has 0 aliphatic rings. The lowest BCUT2D eigenvalue weighted by Gasteiger charge is -2.11. The molecule has 0 atom stereocenters. The van der Waals surface area contributed by atoms with Gasteiger partial charge in [0, 0.05) is 41.8 Å². The van der Waals surface area contributed by atoms with Gasteiger partial charge < -0.3 is 10.2 Å². The summed E-state index contributed by atoms with van der Waals surface area (Å²) in [6.07, 6.45) is 2.67. The van der Waals surface area contributed by atoms with Crippen molar-refractivity contribution in [3.05, 3.63) is 64.4 Å². The normalized spacial score (nSPS) is 11.7. The summed E-state index contributed by atoms with van der Waals surface area (Å²) < 4.78 is 29.3. The van der Waals surface area contributed by atoms with Crippen molar-refractivity contribution in [3.63, 3.8) is 0 Å². The van der Waals surface area contributed by atoms with E-state index in [0.29, 0.717) is 27.0 Å². The maximum absolute atomic E-state index is 12.8. The van der Waals surface area contributed by atoms with Crippen LogP contribution < -0.4 is 5.32 Å². The molecule has 0 spiro atoms. The van der Waals surface area contributed by atoms with Crippen LogP contribution in [-0.2, 0) is 21.2 Å². The average molecular weight is 465 g/mol. The van der Waals surface area contributed by atoms with Gasteiger partial charge in [-0.15, -0.1) is 4.40 Å². The van der Waals surface area contributed by atoms with E-state index in [0.717, 1.165) is 0 Å². The minimum Gasteiger partial charge on any atom is -0.368 e. The maximum Gasteiger partial charge on any atom is 0.284 e. The zero-order valence-corrected chi connectivity index (χ0v) is 18.5. The van der Waals surface area contributed by atoms with E-state index in [-0.39, 0.29) is 22.4 Å². The quantitative estimate of drug-likeness (QED) is 0.338. The van der Waals surface area contributed by atoms with Crippen molar-refractivity contribution < 1.29 is 13.2 Å². The number of carbonyl (C=O) groups is 1. The van der Waals surface area contributed by atoms with E-state index in [1.807, 2.05) is 0 Å². The lowest BCUT2D eigenvalue weighted by atomic mass is 10.1. The number of nitrogens with zero attached hydrogens (tertiary/aromatic N) is 3. The summed E-state index contributed by atoms with van der Waals surface area (Å²) >= 11 is 12.1. The molecule has 2 aromatic carbocycles. The number of amides is 1. The van der Waals surface area contributed by atoms with E-state index in [4.69, 9.17) is 23.2 Å². The van der Waals surface area contributed by atoms with Gasteiger partial charge in [-0.05, 0) is 29.8 Å². The van der Waals surface area contributed by atoms with Crippen molar-refractivity contribution in [2.45, 2.75) is 11.3 Å². The molecule has 0 aliphatic carbocycles. The van der Waals surface area contributed by atoms with Crippen molar-refractivity contribution in [1.29, 1.82) is 0 Å². The minimum absolute atomic E-state index is 0.0391. The summed E-state index contributed by atoms with van der Waals surface area (Å²) in [5.74, 6) is -0.343. The second-order valence-corrected chi connectivity index (χ2v) is 9.07. The van der Waals surface area contributed by atoms with Crippen molar-refractivity contribution in [2.24, 2.45) is 4.40 Å². The van der Waals surface area contributed by atoms with Gasteiger partial charge in [0.15, 0.2) is 0 Å². The first kappa shape index (κ1) is 22.0.